The molecule has 2 rings (SSSR count). The molecule has 3 nitrogen and oxygen atoms in total. The highest BCUT2D eigenvalue weighted by atomic mass is 35.5. The molecule has 24 heavy (non-hydrogen) atoms. The Labute approximate surface area is 147 Å². The molecule has 0 spiro atoms. The zero-order valence-electron chi connectivity index (χ0n) is 14.0. The summed E-state index contributed by atoms with van der Waals surface area (Å²) in [6.45, 7) is 3.98. The zero-order chi connectivity index (χ0) is 17.0. The Morgan fingerprint density at radius 3 is 2.21 bits per heavy atom. The molecule has 1 amide bonds. The Morgan fingerprint density at radius 1 is 1.17 bits per heavy atom. The second kappa shape index (κ2) is 8.60. The molecule has 1 atom stereocenters. The van der Waals surface area contributed by atoms with Gasteiger partial charge in [0.05, 0.1) is 0 Å². The largest absolute Gasteiger partial charge is 0.471 e. The summed E-state index contributed by atoms with van der Waals surface area (Å²) in [6, 6.07) is 7.92. The number of hydrogen-bond donors (Lipinski definition) is 0. The van der Waals surface area contributed by atoms with Gasteiger partial charge in [0.2, 0.25) is 0 Å². The molecule has 0 bridgehead atoms. The average molecular weight is 365 g/mol. The van der Waals surface area contributed by atoms with Crippen LogP contribution in [0.1, 0.15) is 37.7 Å². The average Bonchev–Trinajstić information content (AvgIpc) is 2.54. The van der Waals surface area contributed by atoms with Crippen molar-refractivity contribution in [2.75, 3.05) is 31.6 Å². The fourth-order valence-corrected chi connectivity index (χ4v) is 2.98. The van der Waals surface area contributed by atoms with E-state index in [-0.39, 0.29) is 24.9 Å². The van der Waals surface area contributed by atoms with Gasteiger partial charge in [0.25, 0.3) is 0 Å². The van der Waals surface area contributed by atoms with E-state index in [1.807, 2.05) is 31.2 Å². The first-order chi connectivity index (χ1) is 10.8. The molecule has 0 radical (unpaired) electrons. The van der Waals surface area contributed by atoms with Crippen molar-refractivity contribution in [3.05, 3.63) is 29.8 Å². The van der Waals surface area contributed by atoms with Crippen molar-refractivity contribution in [2.24, 2.45) is 0 Å². The topological polar surface area (TPSA) is 23.6 Å². The van der Waals surface area contributed by atoms with Crippen molar-refractivity contribution in [3.63, 3.8) is 0 Å². The van der Waals surface area contributed by atoms with Gasteiger partial charge in [-0.3, -0.25) is 4.79 Å². The molecule has 1 aromatic rings. The van der Waals surface area contributed by atoms with E-state index in [4.69, 9.17) is 0 Å². The summed E-state index contributed by atoms with van der Waals surface area (Å²) >= 11 is 0. The van der Waals surface area contributed by atoms with Gasteiger partial charge in [-0.15, -0.1) is 12.4 Å². The van der Waals surface area contributed by atoms with Gasteiger partial charge in [-0.1, -0.05) is 19.1 Å². The van der Waals surface area contributed by atoms with Crippen LogP contribution in [0.15, 0.2) is 24.3 Å². The molecule has 0 saturated carbocycles. The molecule has 1 unspecified atom stereocenters. The van der Waals surface area contributed by atoms with Gasteiger partial charge in [-0.05, 0) is 42.9 Å². The van der Waals surface area contributed by atoms with Crippen LogP contribution < -0.4 is 4.90 Å². The number of benzene rings is 1. The molecule has 0 aromatic heterocycles. The van der Waals surface area contributed by atoms with E-state index in [0.29, 0.717) is 0 Å². The van der Waals surface area contributed by atoms with Gasteiger partial charge in [-0.25, -0.2) is 0 Å². The van der Waals surface area contributed by atoms with E-state index in [1.54, 1.807) is 0 Å². The summed E-state index contributed by atoms with van der Waals surface area (Å²) in [5.74, 6) is -1.95. The van der Waals surface area contributed by atoms with Crippen LogP contribution in [0, 0.1) is 0 Å². The van der Waals surface area contributed by atoms with Crippen LogP contribution in [0.3, 0.4) is 0 Å². The van der Waals surface area contributed by atoms with Crippen molar-refractivity contribution >= 4 is 24.0 Å². The quantitative estimate of drug-likeness (QED) is 0.798. The number of carbonyl (C=O) groups is 1. The van der Waals surface area contributed by atoms with Crippen LogP contribution in [0.4, 0.5) is 18.9 Å². The van der Waals surface area contributed by atoms with Crippen molar-refractivity contribution in [2.45, 2.75) is 38.3 Å². The lowest BCUT2D eigenvalue weighted by atomic mass is 10.00. The number of halogens is 4. The van der Waals surface area contributed by atoms with Gasteiger partial charge in [0.15, 0.2) is 0 Å². The van der Waals surface area contributed by atoms with E-state index < -0.39 is 12.1 Å². The van der Waals surface area contributed by atoms with Crippen LogP contribution in [-0.4, -0.2) is 43.7 Å². The third kappa shape index (κ3) is 5.30. The van der Waals surface area contributed by atoms with Gasteiger partial charge in [0, 0.05) is 32.4 Å². The Balaban J connectivity index is 0.00000288. The smallest absolute Gasteiger partial charge is 0.372 e. The third-order valence-corrected chi connectivity index (χ3v) is 4.32. The zero-order valence-corrected chi connectivity index (χ0v) is 14.8. The lowest BCUT2D eigenvalue weighted by Gasteiger charge is -2.29. The van der Waals surface area contributed by atoms with Crippen LogP contribution >= 0.6 is 12.4 Å². The summed E-state index contributed by atoms with van der Waals surface area (Å²) in [5.41, 5.74) is 2.09. The van der Waals surface area contributed by atoms with E-state index in [1.165, 1.54) is 26.3 Å². The highest BCUT2D eigenvalue weighted by molar-refractivity contribution is 5.85. The molecule has 1 aliphatic heterocycles. The first-order valence-electron chi connectivity index (χ1n) is 7.96. The Kier molecular flexibility index (Phi) is 7.39. The van der Waals surface area contributed by atoms with Crippen molar-refractivity contribution in [1.82, 2.24) is 4.90 Å². The summed E-state index contributed by atoms with van der Waals surface area (Å²) < 4.78 is 37.2. The summed E-state index contributed by atoms with van der Waals surface area (Å²) in [6.07, 6.45) is -1.15. The van der Waals surface area contributed by atoms with Crippen LogP contribution in [0.2, 0.25) is 0 Å². The van der Waals surface area contributed by atoms with E-state index in [9.17, 15) is 18.0 Å². The minimum atomic E-state index is -4.81. The number of rotatable bonds is 4. The first kappa shape index (κ1) is 20.6. The number of carbonyl (C=O) groups excluding carboxylic acids is 1. The molecule has 1 heterocycles. The normalized spacial score (nSPS) is 16.3. The van der Waals surface area contributed by atoms with E-state index in [0.717, 1.165) is 29.2 Å². The number of hydrogen-bond acceptors (Lipinski definition) is 2. The highest BCUT2D eigenvalue weighted by Crippen LogP contribution is 2.25. The lowest BCUT2D eigenvalue weighted by molar-refractivity contribution is -0.184. The molecule has 1 aliphatic rings. The Morgan fingerprint density at radius 2 is 1.71 bits per heavy atom. The van der Waals surface area contributed by atoms with Crippen LogP contribution in [0.5, 0.6) is 0 Å². The Bertz CT molecular complexity index is 528. The van der Waals surface area contributed by atoms with E-state index >= 15 is 0 Å². The monoisotopic (exact) mass is 364 g/mol. The number of likely N-dealkylation sites (N-methyl/N-ethyl adjacent to an activating group) is 1. The Hall–Kier alpha value is -1.43. The lowest BCUT2D eigenvalue weighted by Crippen LogP contribution is -2.40. The fraction of sp³-hybridized carbons (Fsp3) is 0.588. The third-order valence-electron chi connectivity index (χ3n) is 4.32. The fourth-order valence-electron chi connectivity index (χ4n) is 2.98. The first-order valence-corrected chi connectivity index (χ1v) is 7.96. The maximum atomic E-state index is 12.4. The number of alkyl halides is 3. The minimum Gasteiger partial charge on any atom is -0.372 e. The summed E-state index contributed by atoms with van der Waals surface area (Å²) in [4.78, 5) is 14.3. The van der Waals surface area contributed by atoms with Gasteiger partial charge < -0.3 is 9.80 Å². The number of amides is 1. The van der Waals surface area contributed by atoms with Gasteiger partial charge >= 0.3 is 12.1 Å². The van der Waals surface area contributed by atoms with Gasteiger partial charge in [-0.2, -0.15) is 13.2 Å². The number of piperidine rings is 1. The maximum absolute atomic E-state index is 12.4. The van der Waals surface area contributed by atoms with E-state index in [2.05, 4.69) is 4.90 Å². The van der Waals surface area contributed by atoms with Crippen LogP contribution in [0.25, 0.3) is 0 Å². The molecular weight excluding hydrogens is 341 g/mol. The number of nitrogens with zero attached hydrogens (tertiary/aromatic N) is 2. The van der Waals surface area contributed by atoms with Crippen molar-refractivity contribution in [3.8, 4) is 0 Å². The molecule has 1 fully saturated rings. The van der Waals surface area contributed by atoms with Crippen LogP contribution in [-0.2, 0) is 4.79 Å². The maximum Gasteiger partial charge on any atom is 0.471 e. The molecule has 0 N–H and O–H groups in total. The van der Waals surface area contributed by atoms with Crippen molar-refractivity contribution < 1.29 is 18.0 Å². The predicted molar refractivity (Wildman–Crippen MR) is 91.9 cm³/mol. The van der Waals surface area contributed by atoms with Gasteiger partial charge in [0.1, 0.15) is 0 Å². The molecule has 1 saturated heterocycles. The SMILES string of the molecule is CC(CN(C)C(=O)C(F)(F)F)c1ccc(N2CCCCC2)cc1.Cl. The second-order valence-electron chi connectivity index (χ2n) is 6.22. The standard InChI is InChI=1S/C17H23F3N2O.ClH/c1-13(12-21(2)16(23)17(18,19)20)14-6-8-15(9-7-14)22-10-4-3-5-11-22;/h6-9,13H,3-5,10-12H2,1-2H3;1H. The summed E-state index contributed by atoms with van der Waals surface area (Å²) in [5, 5.41) is 0. The number of anilines is 1. The molecule has 1 aromatic carbocycles. The molecule has 0 aliphatic carbocycles. The molecule has 7 heteroatoms. The molecule has 136 valence electrons. The minimum absolute atomic E-state index is 0. The predicted octanol–water partition coefficient (Wildman–Crippen LogP) is 4.22. The second-order valence-corrected chi connectivity index (χ2v) is 6.22. The summed E-state index contributed by atoms with van der Waals surface area (Å²) in [7, 11) is 1.19. The van der Waals surface area contributed by atoms with Crippen molar-refractivity contribution in [1.29, 1.82) is 0 Å². The molecular formula is C17H24ClF3N2O. The highest BCUT2D eigenvalue weighted by Gasteiger charge is 2.41.